The summed E-state index contributed by atoms with van der Waals surface area (Å²) >= 11 is 0. The summed E-state index contributed by atoms with van der Waals surface area (Å²) in [7, 11) is 0. The van der Waals surface area contributed by atoms with Crippen LogP contribution in [-0.2, 0) is 13.0 Å². The molecule has 0 bridgehead atoms. The van der Waals surface area contributed by atoms with Crippen molar-refractivity contribution >= 4 is 16.6 Å². The van der Waals surface area contributed by atoms with Gasteiger partial charge < -0.3 is 5.32 Å². The molecule has 0 radical (unpaired) electrons. The molecule has 4 heteroatoms. The van der Waals surface area contributed by atoms with Gasteiger partial charge in [0.15, 0.2) is 0 Å². The number of nitrogens with one attached hydrogen (secondary N) is 1. The van der Waals surface area contributed by atoms with E-state index in [4.69, 9.17) is 0 Å². The molecular weight excluding hydrogens is 296 g/mol. The zero-order valence-corrected chi connectivity index (χ0v) is 13.8. The molecule has 1 unspecified atom stereocenters. The molecule has 2 aromatic carbocycles. The molecule has 2 aliphatic heterocycles. The minimum atomic E-state index is 0.481. The summed E-state index contributed by atoms with van der Waals surface area (Å²) in [6.45, 7) is 4.33. The zero-order valence-electron chi connectivity index (χ0n) is 13.8. The molecule has 2 aliphatic rings. The van der Waals surface area contributed by atoms with E-state index < -0.39 is 0 Å². The van der Waals surface area contributed by atoms with E-state index >= 15 is 0 Å². The Hall–Kier alpha value is -2.33. The van der Waals surface area contributed by atoms with Crippen molar-refractivity contribution in [3.05, 3.63) is 59.8 Å². The first-order valence-corrected chi connectivity index (χ1v) is 8.88. The molecule has 0 amide bonds. The van der Waals surface area contributed by atoms with E-state index in [1.165, 1.54) is 34.1 Å². The van der Waals surface area contributed by atoms with Gasteiger partial charge in [-0.1, -0.05) is 36.4 Å². The van der Waals surface area contributed by atoms with Crippen molar-refractivity contribution in [2.75, 3.05) is 25.0 Å². The topological polar surface area (TPSA) is 33.1 Å². The summed E-state index contributed by atoms with van der Waals surface area (Å²) in [5, 5.41) is 9.45. The second-order valence-corrected chi connectivity index (χ2v) is 6.95. The van der Waals surface area contributed by atoms with Crippen molar-refractivity contribution in [3.8, 4) is 0 Å². The van der Waals surface area contributed by atoms with Gasteiger partial charge in [-0.05, 0) is 30.0 Å². The number of hydrogen-bond acceptors (Lipinski definition) is 3. The molecule has 4 nitrogen and oxygen atoms in total. The number of para-hydroxylation sites is 2. The number of benzene rings is 2. The van der Waals surface area contributed by atoms with Crippen molar-refractivity contribution in [2.24, 2.45) is 0 Å². The molecular formula is C20H22N4. The second-order valence-electron chi connectivity index (χ2n) is 6.95. The summed E-state index contributed by atoms with van der Waals surface area (Å²) in [5.74, 6) is 0. The number of anilines is 1. The smallest absolute Gasteiger partial charge is 0.0686 e. The highest BCUT2D eigenvalue weighted by Crippen LogP contribution is 2.30. The maximum absolute atomic E-state index is 4.65. The maximum atomic E-state index is 4.65. The van der Waals surface area contributed by atoms with Crippen molar-refractivity contribution in [1.82, 2.24) is 14.7 Å². The van der Waals surface area contributed by atoms with Crippen LogP contribution in [0.4, 0.5) is 5.69 Å². The summed E-state index contributed by atoms with van der Waals surface area (Å²) in [4.78, 5) is 2.57. The van der Waals surface area contributed by atoms with Gasteiger partial charge in [0.1, 0.15) is 0 Å². The SMILES string of the molecule is c1cc2c(c(CN3CCC(n4ncc5ccccc54)C3)c1)NCC2. The number of likely N-dealkylation sites (tertiary alicyclic amines) is 1. The predicted molar refractivity (Wildman–Crippen MR) is 97.3 cm³/mol. The highest BCUT2D eigenvalue weighted by Gasteiger charge is 2.26. The first kappa shape index (κ1) is 14.1. The van der Waals surface area contributed by atoms with E-state index in [2.05, 4.69) is 62.5 Å². The Balaban J connectivity index is 1.35. The predicted octanol–water partition coefficient (Wildman–Crippen LogP) is 3.45. The Bertz CT molecular complexity index is 882. The van der Waals surface area contributed by atoms with Gasteiger partial charge in [-0.2, -0.15) is 5.10 Å². The van der Waals surface area contributed by atoms with Gasteiger partial charge in [-0.15, -0.1) is 0 Å². The van der Waals surface area contributed by atoms with Crippen LogP contribution in [0.15, 0.2) is 48.7 Å². The van der Waals surface area contributed by atoms with Crippen molar-refractivity contribution in [2.45, 2.75) is 25.4 Å². The Morgan fingerprint density at radius 1 is 1.12 bits per heavy atom. The second kappa shape index (κ2) is 5.64. The Morgan fingerprint density at radius 3 is 3.08 bits per heavy atom. The van der Waals surface area contributed by atoms with Gasteiger partial charge in [0.25, 0.3) is 0 Å². The Morgan fingerprint density at radius 2 is 2.08 bits per heavy atom. The first-order chi connectivity index (χ1) is 11.9. The fourth-order valence-electron chi connectivity index (χ4n) is 4.22. The lowest BCUT2D eigenvalue weighted by molar-refractivity contribution is 0.314. The molecule has 1 atom stereocenters. The molecule has 122 valence electrons. The molecule has 1 saturated heterocycles. The number of hydrogen-bond donors (Lipinski definition) is 1. The molecule has 5 rings (SSSR count). The molecule has 1 fully saturated rings. The highest BCUT2D eigenvalue weighted by molar-refractivity contribution is 5.78. The van der Waals surface area contributed by atoms with Gasteiger partial charge >= 0.3 is 0 Å². The average molecular weight is 318 g/mol. The van der Waals surface area contributed by atoms with Gasteiger partial charge in [0.05, 0.1) is 17.8 Å². The largest absolute Gasteiger partial charge is 0.384 e. The number of aromatic nitrogens is 2. The Kier molecular flexibility index (Phi) is 3.30. The van der Waals surface area contributed by atoms with E-state index in [1.54, 1.807) is 0 Å². The number of rotatable bonds is 3. The monoisotopic (exact) mass is 318 g/mol. The van der Waals surface area contributed by atoms with Gasteiger partial charge in [0, 0.05) is 37.3 Å². The molecule has 3 aromatic rings. The van der Waals surface area contributed by atoms with Crippen LogP contribution in [0.5, 0.6) is 0 Å². The molecule has 0 saturated carbocycles. The molecule has 24 heavy (non-hydrogen) atoms. The van der Waals surface area contributed by atoms with Gasteiger partial charge in [0.2, 0.25) is 0 Å². The van der Waals surface area contributed by atoms with Crippen LogP contribution in [0.25, 0.3) is 10.9 Å². The Labute approximate surface area is 142 Å². The van der Waals surface area contributed by atoms with Crippen LogP contribution in [0.3, 0.4) is 0 Å². The molecule has 3 heterocycles. The van der Waals surface area contributed by atoms with E-state index in [1.807, 2.05) is 6.20 Å². The molecule has 0 aliphatic carbocycles. The van der Waals surface area contributed by atoms with E-state index in [0.29, 0.717) is 6.04 Å². The molecule has 1 aromatic heterocycles. The standard InChI is InChI=1S/C20H22N4/c1-2-7-19-16(4-1)12-22-24(19)18-9-11-23(14-18)13-17-6-3-5-15-8-10-21-20(15)17/h1-7,12,18,21H,8-11,13-14H2. The summed E-state index contributed by atoms with van der Waals surface area (Å²) in [6, 6.07) is 15.7. The minimum Gasteiger partial charge on any atom is -0.384 e. The average Bonchev–Trinajstić information content (AvgIpc) is 3.34. The zero-order chi connectivity index (χ0) is 15.9. The normalized spacial score (nSPS) is 20.4. The van der Waals surface area contributed by atoms with E-state index in [9.17, 15) is 0 Å². The van der Waals surface area contributed by atoms with Gasteiger partial charge in [-0.3, -0.25) is 9.58 Å². The lowest BCUT2D eigenvalue weighted by Crippen LogP contribution is -2.22. The number of fused-ring (bicyclic) bond motifs is 2. The van der Waals surface area contributed by atoms with Crippen molar-refractivity contribution in [3.63, 3.8) is 0 Å². The van der Waals surface area contributed by atoms with Crippen molar-refractivity contribution in [1.29, 1.82) is 0 Å². The summed E-state index contributed by atoms with van der Waals surface area (Å²) < 4.78 is 2.23. The van der Waals surface area contributed by atoms with Crippen LogP contribution in [0.1, 0.15) is 23.6 Å². The first-order valence-electron chi connectivity index (χ1n) is 8.88. The van der Waals surface area contributed by atoms with Gasteiger partial charge in [-0.25, -0.2) is 0 Å². The third kappa shape index (κ3) is 2.29. The third-order valence-corrected chi connectivity index (χ3v) is 5.43. The van der Waals surface area contributed by atoms with E-state index in [-0.39, 0.29) is 0 Å². The third-order valence-electron chi connectivity index (χ3n) is 5.43. The van der Waals surface area contributed by atoms with E-state index in [0.717, 1.165) is 32.6 Å². The molecule has 1 N–H and O–H groups in total. The fraction of sp³-hybridized carbons (Fsp3) is 0.350. The quantitative estimate of drug-likeness (QED) is 0.803. The number of nitrogens with zero attached hydrogens (tertiary/aromatic N) is 3. The lowest BCUT2D eigenvalue weighted by Gasteiger charge is -2.18. The maximum Gasteiger partial charge on any atom is 0.0686 e. The minimum absolute atomic E-state index is 0.481. The highest BCUT2D eigenvalue weighted by atomic mass is 15.3. The summed E-state index contributed by atoms with van der Waals surface area (Å²) in [5.41, 5.74) is 5.55. The van der Waals surface area contributed by atoms with Crippen LogP contribution >= 0.6 is 0 Å². The molecule has 0 spiro atoms. The van der Waals surface area contributed by atoms with Crippen LogP contribution in [-0.4, -0.2) is 34.3 Å². The van der Waals surface area contributed by atoms with Crippen LogP contribution in [0.2, 0.25) is 0 Å². The van der Waals surface area contributed by atoms with Crippen LogP contribution < -0.4 is 5.32 Å². The lowest BCUT2D eigenvalue weighted by atomic mass is 10.1. The van der Waals surface area contributed by atoms with Crippen molar-refractivity contribution < 1.29 is 0 Å². The summed E-state index contributed by atoms with van der Waals surface area (Å²) in [6.07, 6.45) is 4.32. The van der Waals surface area contributed by atoms with Crippen LogP contribution in [0, 0.1) is 0 Å². The fourth-order valence-corrected chi connectivity index (χ4v) is 4.22.